The fourth-order valence-corrected chi connectivity index (χ4v) is 2.99. The molecule has 1 aromatic heterocycles. The van der Waals surface area contributed by atoms with Gasteiger partial charge in [-0.15, -0.1) is 0 Å². The molecule has 1 amide bonds. The number of hydrogen-bond donors (Lipinski definition) is 2. The maximum atomic E-state index is 12.8. The van der Waals surface area contributed by atoms with E-state index in [0.29, 0.717) is 0 Å². The third-order valence-electron chi connectivity index (χ3n) is 4.35. The minimum Gasteiger partial charge on any atom is -0.348 e. The van der Waals surface area contributed by atoms with E-state index < -0.39 is 17.6 Å². The van der Waals surface area contributed by atoms with Crippen LogP contribution in [0.1, 0.15) is 38.3 Å². The number of carbonyl (C=O) groups is 1. The smallest absolute Gasteiger partial charge is 0.348 e. The molecule has 1 aliphatic rings. The van der Waals surface area contributed by atoms with Crippen LogP contribution < -0.4 is 10.6 Å². The number of fused-ring (bicyclic) bond motifs is 1. The van der Waals surface area contributed by atoms with Crippen molar-refractivity contribution in [1.29, 1.82) is 0 Å². The van der Waals surface area contributed by atoms with Crippen molar-refractivity contribution in [2.75, 3.05) is 6.54 Å². The first-order valence-electron chi connectivity index (χ1n) is 7.98. The average Bonchev–Trinajstić information content (AvgIpc) is 2.60. The Morgan fingerprint density at radius 3 is 2.92 bits per heavy atom. The van der Waals surface area contributed by atoms with Crippen LogP contribution in [-0.4, -0.2) is 17.4 Å². The van der Waals surface area contributed by atoms with E-state index in [2.05, 4.69) is 15.6 Å². The molecule has 7 heteroatoms. The van der Waals surface area contributed by atoms with Crippen molar-refractivity contribution in [3.63, 3.8) is 0 Å². The third kappa shape index (κ3) is 3.82. The molecule has 0 unspecified atom stereocenters. The summed E-state index contributed by atoms with van der Waals surface area (Å²) in [4.78, 5) is 16.6. The van der Waals surface area contributed by atoms with Gasteiger partial charge in [-0.3, -0.25) is 9.78 Å². The standard InChI is InChI=1S/C18H18F3N3O/c1-11-16(15-5-6-22-8-13(15)9-23-11)10-24-17(25)12-3-2-4-14(7-12)18(19,20)21/h2-4,7,9,22H,5-6,8,10H2,1H3,(H,24,25). The van der Waals surface area contributed by atoms with E-state index in [0.717, 1.165) is 54.0 Å². The first-order chi connectivity index (χ1) is 11.9. The molecule has 0 saturated carbocycles. The second kappa shape index (κ2) is 6.84. The Morgan fingerprint density at radius 1 is 1.36 bits per heavy atom. The highest BCUT2D eigenvalue weighted by Crippen LogP contribution is 2.29. The Balaban J connectivity index is 1.78. The van der Waals surface area contributed by atoms with Gasteiger partial charge in [-0.1, -0.05) is 6.07 Å². The quantitative estimate of drug-likeness (QED) is 0.896. The number of aryl methyl sites for hydroxylation is 1. The van der Waals surface area contributed by atoms with Gasteiger partial charge in [0.15, 0.2) is 0 Å². The summed E-state index contributed by atoms with van der Waals surface area (Å²) >= 11 is 0. The molecule has 0 fully saturated rings. The van der Waals surface area contributed by atoms with E-state index in [1.807, 2.05) is 13.1 Å². The van der Waals surface area contributed by atoms with Crippen molar-refractivity contribution >= 4 is 5.91 Å². The van der Waals surface area contributed by atoms with Crippen LogP contribution >= 0.6 is 0 Å². The maximum absolute atomic E-state index is 12.8. The normalized spacial score (nSPS) is 14.1. The summed E-state index contributed by atoms with van der Waals surface area (Å²) < 4.78 is 38.3. The average molecular weight is 349 g/mol. The number of alkyl halides is 3. The number of carbonyl (C=O) groups excluding carboxylic acids is 1. The summed E-state index contributed by atoms with van der Waals surface area (Å²) in [5, 5.41) is 5.98. The van der Waals surface area contributed by atoms with Gasteiger partial charge in [-0.2, -0.15) is 13.2 Å². The summed E-state index contributed by atoms with van der Waals surface area (Å²) in [6.45, 7) is 3.70. The lowest BCUT2D eigenvalue weighted by Gasteiger charge is -2.21. The molecule has 2 N–H and O–H groups in total. The van der Waals surface area contributed by atoms with Crippen LogP contribution in [0.4, 0.5) is 13.2 Å². The van der Waals surface area contributed by atoms with Gasteiger partial charge in [0.25, 0.3) is 5.91 Å². The number of aromatic nitrogens is 1. The van der Waals surface area contributed by atoms with E-state index in [9.17, 15) is 18.0 Å². The van der Waals surface area contributed by atoms with Gasteiger partial charge < -0.3 is 10.6 Å². The molecule has 1 aliphatic heterocycles. The molecule has 132 valence electrons. The number of nitrogens with one attached hydrogen (secondary N) is 2. The molecule has 3 rings (SSSR count). The number of pyridine rings is 1. The molecular formula is C18H18F3N3O. The Kier molecular flexibility index (Phi) is 4.76. The Labute approximate surface area is 143 Å². The fourth-order valence-electron chi connectivity index (χ4n) is 2.99. The zero-order valence-electron chi connectivity index (χ0n) is 13.7. The third-order valence-corrected chi connectivity index (χ3v) is 4.35. The minimum absolute atomic E-state index is 0.00750. The SMILES string of the molecule is Cc1ncc2c(c1CNC(=O)c1cccc(C(F)(F)F)c1)CCNC2. The topological polar surface area (TPSA) is 54.0 Å². The predicted molar refractivity (Wildman–Crippen MR) is 87.0 cm³/mol. The van der Waals surface area contributed by atoms with Gasteiger partial charge in [-0.05, 0) is 54.8 Å². The van der Waals surface area contributed by atoms with Gasteiger partial charge in [0.2, 0.25) is 0 Å². The van der Waals surface area contributed by atoms with E-state index in [1.165, 1.54) is 12.1 Å². The summed E-state index contributed by atoms with van der Waals surface area (Å²) in [5.41, 5.74) is 3.19. The van der Waals surface area contributed by atoms with Crippen molar-refractivity contribution in [3.8, 4) is 0 Å². The highest BCUT2D eigenvalue weighted by Gasteiger charge is 2.30. The number of amides is 1. The van der Waals surface area contributed by atoms with E-state index in [1.54, 1.807) is 0 Å². The maximum Gasteiger partial charge on any atom is 0.416 e. The Hall–Kier alpha value is -2.41. The monoisotopic (exact) mass is 349 g/mol. The first-order valence-corrected chi connectivity index (χ1v) is 7.98. The zero-order chi connectivity index (χ0) is 18.0. The summed E-state index contributed by atoms with van der Waals surface area (Å²) in [6.07, 6.45) is -1.80. The van der Waals surface area contributed by atoms with E-state index >= 15 is 0 Å². The van der Waals surface area contributed by atoms with Crippen LogP contribution in [0, 0.1) is 6.92 Å². The summed E-state index contributed by atoms with van der Waals surface area (Å²) in [6, 6.07) is 4.43. The molecule has 0 aliphatic carbocycles. The van der Waals surface area contributed by atoms with E-state index in [-0.39, 0.29) is 12.1 Å². The van der Waals surface area contributed by atoms with E-state index in [4.69, 9.17) is 0 Å². The molecular weight excluding hydrogens is 331 g/mol. The molecule has 0 bridgehead atoms. The predicted octanol–water partition coefficient (Wildman–Crippen LogP) is 2.98. The molecule has 0 spiro atoms. The number of rotatable bonds is 3. The fraction of sp³-hybridized carbons (Fsp3) is 0.333. The second-order valence-electron chi connectivity index (χ2n) is 6.01. The number of hydrogen-bond acceptors (Lipinski definition) is 3. The van der Waals surface area contributed by atoms with Crippen LogP contribution in [0.3, 0.4) is 0 Å². The lowest BCUT2D eigenvalue weighted by molar-refractivity contribution is -0.137. The summed E-state index contributed by atoms with van der Waals surface area (Å²) in [5.74, 6) is -0.531. The van der Waals surface area contributed by atoms with Crippen LogP contribution in [0.25, 0.3) is 0 Å². The first kappa shape index (κ1) is 17.4. The van der Waals surface area contributed by atoms with Gasteiger partial charge in [-0.25, -0.2) is 0 Å². The van der Waals surface area contributed by atoms with Crippen molar-refractivity contribution in [2.45, 2.75) is 32.6 Å². The lowest BCUT2D eigenvalue weighted by atomic mass is 9.96. The summed E-state index contributed by atoms with van der Waals surface area (Å²) in [7, 11) is 0. The molecule has 2 heterocycles. The van der Waals surface area contributed by atoms with Gasteiger partial charge >= 0.3 is 6.18 Å². The Bertz CT molecular complexity index is 803. The zero-order valence-corrected chi connectivity index (χ0v) is 13.7. The molecule has 1 aromatic carbocycles. The molecule has 0 saturated heterocycles. The van der Waals surface area contributed by atoms with Crippen molar-refractivity contribution < 1.29 is 18.0 Å². The van der Waals surface area contributed by atoms with Crippen LogP contribution in [0.15, 0.2) is 30.5 Å². The highest BCUT2D eigenvalue weighted by molar-refractivity contribution is 5.94. The number of halogens is 3. The van der Waals surface area contributed by atoms with Crippen LogP contribution in [-0.2, 0) is 25.7 Å². The molecule has 0 atom stereocenters. The van der Waals surface area contributed by atoms with Crippen LogP contribution in [0.2, 0.25) is 0 Å². The van der Waals surface area contributed by atoms with Crippen molar-refractivity contribution in [2.24, 2.45) is 0 Å². The van der Waals surface area contributed by atoms with Crippen LogP contribution in [0.5, 0.6) is 0 Å². The van der Waals surface area contributed by atoms with Gasteiger partial charge in [0, 0.05) is 30.5 Å². The minimum atomic E-state index is -4.47. The molecule has 4 nitrogen and oxygen atoms in total. The Morgan fingerprint density at radius 2 is 2.16 bits per heavy atom. The molecule has 0 radical (unpaired) electrons. The highest BCUT2D eigenvalue weighted by atomic mass is 19.4. The molecule has 2 aromatic rings. The van der Waals surface area contributed by atoms with Crippen molar-refractivity contribution in [1.82, 2.24) is 15.6 Å². The van der Waals surface area contributed by atoms with Gasteiger partial charge in [0.05, 0.1) is 5.56 Å². The lowest BCUT2D eigenvalue weighted by Crippen LogP contribution is -2.29. The van der Waals surface area contributed by atoms with Gasteiger partial charge in [0.1, 0.15) is 0 Å². The second-order valence-corrected chi connectivity index (χ2v) is 6.01. The number of nitrogens with zero attached hydrogens (tertiary/aromatic N) is 1. The van der Waals surface area contributed by atoms with Crippen molar-refractivity contribution in [3.05, 3.63) is 64.0 Å². The largest absolute Gasteiger partial charge is 0.416 e. The molecule has 25 heavy (non-hydrogen) atoms. The number of benzene rings is 1.